The minimum absolute atomic E-state index is 0.0779. The maximum atomic E-state index is 11.9. The lowest BCUT2D eigenvalue weighted by Crippen LogP contribution is -2.25. The van der Waals surface area contributed by atoms with Gasteiger partial charge in [0.05, 0.1) is 29.1 Å². The SMILES string of the molecule is Cc1ccc(OC[C@H](O)Cn2c(C[C@H]3CCS(=O)(=O)C3)nc3ccccc32)c(C)c1. The Balaban J connectivity index is 1.50. The Labute approximate surface area is 177 Å². The molecule has 4 rings (SSSR count). The Bertz CT molecular complexity index is 1150. The van der Waals surface area contributed by atoms with E-state index in [-0.39, 0.29) is 24.0 Å². The Morgan fingerprint density at radius 2 is 2.03 bits per heavy atom. The number of hydrogen-bond donors (Lipinski definition) is 1. The zero-order chi connectivity index (χ0) is 21.3. The van der Waals surface area contributed by atoms with Gasteiger partial charge in [0.25, 0.3) is 0 Å². The fourth-order valence-corrected chi connectivity index (χ4v) is 6.05. The third-order valence-electron chi connectivity index (χ3n) is 5.69. The van der Waals surface area contributed by atoms with Gasteiger partial charge >= 0.3 is 0 Å². The molecule has 1 aromatic heterocycles. The van der Waals surface area contributed by atoms with Crippen LogP contribution in [0.4, 0.5) is 0 Å². The summed E-state index contributed by atoms with van der Waals surface area (Å²) in [6.45, 7) is 4.55. The van der Waals surface area contributed by atoms with E-state index in [1.54, 1.807) is 0 Å². The van der Waals surface area contributed by atoms with Crippen molar-refractivity contribution in [2.75, 3.05) is 18.1 Å². The molecule has 0 spiro atoms. The average molecular weight is 429 g/mol. The van der Waals surface area contributed by atoms with Crippen molar-refractivity contribution in [2.24, 2.45) is 5.92 Å². The van der Waals surface area contributed by atoms with Gasteiger partial charge in [-0.05, 0) is 49.9 Å². The number of aliphatic hydroxyl groups excluding tert-OH is 1. The van der Waals surface area contributed by atoms with Crippen LogP contribution >= 0.6 is 0 Å². The molecule has 0 saturated carbocycles. The number of rotatable bonds is 7. The molecule has 2 atom stereocenters. The van der Waals surface area contributed by atoms with E-state index in [0.717, 1.165) is 28.2 Å². The van der Waals surface area contributed by atoms with Gasteiger partial charge in [0, 0.05) is 6.42 Å². The van der Waals surface area contributed by atoms with E-state index in [1.807, 2.05) is 54.8 Å². The fraction of sp³-hybridized carbons (Fsp3) is 0.435. The van der Waals surface area contributed by atoms with Crippen molar-refractivity contribution in [1.29, 1.82) is 0 Å². The van der Waals surface area contributed by atoms with Gasteiger partial charge in [-0.3, -0.25) is 0 Å². The van der Waals surface area contributed by atoms with Crippen LogP contribution in [0.5, 0.6) is 5.75 Å². The van der Waals surface area contributed by atoms with E-state index in [4.69, 9.17) is 9.72 Å². The predicted molar refractivity (Wildman–Crippen MR) is 118 cm³/mol. The summed E-state index contributed by atoms with van der Waals surface area (Å²) in [5.41, 5.74) is 4.01. The highest BCUT2D eigenvalue weighted by Gasteiger charge is 2.29. The molecule has 1 N–H and O–H groups in total. The molecule has 0 bridgehead atoms. The van der Waals surface area contributed by atoms with Gasteiger partial charge in [-0.1, -0.05) is 29.8 Å². The monoisotopic (exact) mass is 428 g/mol. The number of aryl methyl sites for hydroxylation is 2. The van der Waals surface area contributed by atoms with Crippen molar-refractivity contribution in [3.63, 3.8) is 0 Å². The average Bonchev–Trinajstić information content (AvgIpc) is 3.20. The van der Waals surface area contributed by atoms with Crippen molar-refractivity contribution in [3.8, 4) is 5.75 Å². The van der Waals surface area contributed by atoms with E-state index >= 15 is 0 Å². The first-order valence-electron chi connectivity index (χ1n) is 10.3. The van der Waals surface area contributed by atoms with E-state index < -0.39 is 15.9 Å². The topological polar surface area (TPSA) is 81.4 Å². The molecule has 1 saturated heterocycles. The molecular formula is C23H28N2O4S. The van der Waals surface area contributed by atoms with Crippen LogP contribution in [0, 0.1) is 19.8 Å². The number of para-hydroxylation sites is 2. The van der Waals surface area contributed by atoms with Crippen LogP contribution < -0.4 is 4.74 Å². The fourth-order valence-electron chi connectivity index (χ4n) is 4.19. The number of aromatic nitrogens is 2. The molecule has 1 aliphatic heterocycles. The zero-order valence-corrected chi connectivity index (χ0v) is 18.2. The number of aliphatic hydroxyl groups is 1. The lowest BCUT2D eigenvalue weighted by Gasteiger charge is -2.17. The number of fused-ring (bicyclic) bond motifs is 1. The van der Waals surface area contributed by atoms with Crippen molar-refractivity contribution >= 4 is 20.9 Å². The standard InChI is InChI=1S/C23H28N2O4S/c1-16-7-8-22(17(2)11-16)29-14-19(26)13-25-21-6-4-3-5-20(21)24-23(25)12-18-9-10-30(27,28)15-18/h3-8,11,18-19,26H,9-10,12-15H2,1-2H3/t18-,19-/m1/s1. The number of ether oxygens (including phenoxy) is 1. The van der Waals surface area contributed by atoms with Gasteiger partial charge in [-0.25, -0.2) is 13.4 Å². The molecule has 2 heterocycles. The zero-order valence-electron chi connectivity index (χ0n) is 17.4. The minimum atomic E-state index is -2.93. The van der Waals surface area contributed by atoms with Gasteiger partial charge in [0.15, 0.2) is 9.84 Å². The van der Waals surface area contributed by atoms with Gasteiger partial charge in [0.2, 0.25) is 0 Å². The summed E-state index contributed by atoms with van der Waals surface area (Å²) >= 11 is 0. The number of hydrogen-bond acceptors (Lipinski definition) is 5. The second kappa shape index (κ2) is 8.40. The summed E-state index contributed by atoms with van der Waals surface area (Å²) in [4.78, 5) is 4.74. The molecule has 160 valence electrons. The molecule has 3 aromatic rings. The second-order valence-corrected chi connectivity index (χ2v) is 10.6. The van der Waals surface area contributed by atoms with Crippen molar-refractivity contribution in [1.82, 2.24) is 9.55 Å². The molecule has 1 aliphatic rings. The highest BCUT2D eigenvalue weighted by atomic mass is 32.2. The molecule has 0 radical (unpaired) electrons. The maximum Gasteiger partial charge on any atom is 0.150 e. The highest BCUT2D eigenvalue weighted by molar-refractivity contribution is 7.91. The quantitative estimate of drug-likeness (QED) is 0.625. The number of nitrogens with zero attached hydrogens (tertiary/aromatic N) is 2. The van der Waals surface area contributed by atoms with Gasteiger partial charge in [-0.2, -0.15) is 0 Å². The third kappa shape index (κ3) is 4.68. The molecule has 0 amide bonds. The van der Waals surface area contributed by atoms with Crippen molar-refractivity contribution in [2.45, 2.75) is 39.3 Å². The summed E-state index contributed by atoms with van der Waals surface area (Å²) in [5.74, 6) is 2.14. The lowest BCUT2D eigenvalue weighted by atomic mass is 10.1. The lowest BCUT2D eigenvalue weighted by molar-refractivity contribution is 0.0922. The highest BCUT2D eigenvalue weighted by Crippen LogP contribution is 2.25. The van der Waals surface area contributed by atoms with Crippen LogP contribution in [0.15, 0.2) is 42.5 Å². The first kappa shape index (κ1) is 20.9. The maximum absolute atomic E-state index is 11.9. The Morgan fingerprint density at radius 3 is 2.77 bits per heavy atom. The molecule has 2 aromatic carbocycles. The Kier molecular flexibility index (Phi) is 5.84. The van der Waals surface area contributed by atoms with E-state index in [2.05, 4.69) is 6.07 Å². The number of sulfone groups is 1. The molecule has 0 unspecified atom stereocenters. The normalized spacial score (nSPS) is 19.2. The van der Waals surface area contributed by atoms with Crippen LogP contribution in [0.3, 0.4) is 0 Å². The summed E-state index contributed by atoms with van der Waals surface area (Å²) in [5, 5.41) is 10.7. The van der Waals surface area contributed by atoms with Crippen LogP contribution in [0.25, 0.3) is 11.0 Å². The van der Waals surface area contributed by atoms with E-state index in [0.29, 0.717) is 19.4 Å². The Morgan fingerprint density at radius 1 is 1.23 bits per heavy atom. The predicted octanol–water partition coefficient (Wildman–Crippen LogP) is 3.07. The molecule has 30 heavy (non-hydrogen) atoms. The van der Waals surface area contributed by atoms with E-state index in [9.17, 15) is 13.5 Å². The van der Waals surface area contributed by atoms with Crippen LogP contribution in [-0.2, 0) is 22.8 Å². The van der Waals surface area contributed by atoms with E-state index in [1.165, 1.54) is 5.56 Å². The molecule has 1 fully saturated rings. The molecule has 0 aliphatic carbocycles. The van der Waals surface area contributed by atoms with Crippen molar-refractivity contribution in [3.05, 3.63) is 59.4 Å². The summed E-state index contributed by atoms with van der Waals surface area (Å²) < 4.78 is 31.6. The Hall–Kier alpha value is -2.38. The van der Waals surface area contributed by atoms with Gasteiger partial charge < -0.3 is 14.4 Å². The van der Waals surface area contributed by atoms with Gasteiger partial charge in [-0.15, -0.1) is 0 Å². The first-order valence-corrected chi connectivity index (χ1v) is 12.2. The van der Waals surface area contributed by atoms with Crippen LogP contribution in [0.1, 0.15) is 23.4 Å². The summed E-state index contributed by atoms with van der Waals surface area (Å²) in [7, 11) is -2.93. The number of benzene rings is 2. The summed E-state index contributed by atoms with van der Waals surface area (Å²) in [6, 6.07) is 13.8. The summed E-state index contributed by atoms with van der Waals surface area (Å²) in [6.07, 6.45) is 0.553. The number of imidazole rings is 1. The molecular weight excluding hydrogens is 400 g/mol. The third-order valence-corrected chi connectivity index (χ3v) is 7.52. The molecule has 7 heteroatoms. The smallest absolute Gasteiger partial charge is 0.150 e. The van der Waals surface area contributed by atoms with Crippen LogP contribution in [0.2, 0.25) is 0 Å². The molecule has 6 nitrogen and oxygen atoms in total. The first-order chi connectivity index (χ1) is 14.3. The van der Waals surface area contributed by atoms with Crippen LogP contribution in [-0.4, -0.2) is 47.3 Å². The minimum Gasteiger partial charge on any atom is -0.491 e. The second-order valence-electron chi connectivity index (χ2n) is 8.33. The largest absolute Gasteiger partial charge is 0.491 e. The van der Waals surface area contributed by atoms with Gasteiger partial charge in [0.1, 0.15) is 24.3 Å². The van der Waals surface area contributed by atoms with Crippen molar-refractivity contribution < 1.29 is 18.3 Å².